The van der Waals surface area contributed by atoms with Crippen LogP contribution in [-0.2, 0) is 0 Å². The fourth-order valence-electron chi connectivity index (χ4n) is 2.01. The molecule has 3 aromatic rings. The lowest BCUT2D eigenvalue weighted by Gasteiger charge is -2.02. The van der Waals surface area contributed by atoms with Crippen LogP contribution in [0.5, 0.6) is 0 Å². The van der Waals surface area contributed by atoms with E-state index in [-0.39, 0.29) is 17.5 Å². The molecule has 1 aromatic heterocycles. The molecule has 1 heterocycles. The summed E-state index contributed by atoms with van der Waals surface area (Å²) in [6.07, 6.45) is 0. The van der Waals surface area contributed by atoms with Gasteiger partial charge in [-0.25, -0.2) is 8.78 Å². The fraction of sp³-hybridized carbons (Fsp3) is 0.0625. The summed E-state index contributed by atoms with van der Waals surface area (Å²) in [6.45, 7) is 1.92. The van der Waals surface area contributed by atoms with Crippen molar-refractivity contribution in [2.24, 2.45) is 0 Å². The van der Waals surface area contributed by atoms with Crippen molar-refractivity contribution in [1.29, 1.82) is 0 Å². The second-order valence-electron chi connectivity index (χ2n) is 4.86. The molecule has 0 aliphatic carbocycles. The highest BCUT2D eigenvalue weighted by atomic mass is 19.1. The molecule has 0 fully saturated rings. The number of hydrogen-bond acceptors (Lipinski definition) is 4. The quantitative estimate of drug-likeness (QED) is 0.802. The van der Waals surface area contributed by atoms with Crippen molar-refractivity contribution in [2.45, 2.75) is 6.92 Å². The van der Waals surface area contributed by atoms with Gasteiger partial charge in [0.1, 0.15) is 11.6 Å². The summed E-state index contributed by atoms with van der Waals surface area (Å²) >= 11 is 0. The predicted molar refractivity (Wildman–Crippen MR) is 78.8 cm³/mol. The van der Waals surface area contributed by atoms with Gasteiger partial charge in [-0.1, -0.05) is 22.8 Å². The van der Waals surface area contributed by atoms with E-state index in [1.165, 1.54) is 0 Å². The van der Waals surface area contributed by atoms with E-state index in [9.17, 15) is 13.6 Å². The van der Waals surface area contributed by atoms with Crippen LogP contribution in [0.25, 0.3) is 11.5 Å². The van der Waals surface area contributed by atoms with Gasteiger partial charge >= 0.3 is 6.01 Å². The van der Waals surface area contributed by atoms with Crippen molar-refractivity contribution in [3.8, 4) is 11.5 Å². The number of carbonyl (C=O) groups is 1. The van der Waals surface area contributed by atoms with Crippen LogP contribution < -0.4 is 5.32 Å². The van der Waals surface area contributed by atoms with E-state index in [0.29, 0.717) is 11.6 Å². The Labute approximate surface area is 130 Å². The Morgan fingerprint density at radius 1 is 1.13 bits per heavy atom. The number of amides is 1. The molecule has 0 saturated heterocycles. The minimum Gasteiger partial charge on any atom is -0.403 e. The lowest BCUT2D eigenvalue weighted by Crippen LogP contribution is -2.14. The SMILES string of the molecule is Cc1cccc(-c2nnc(NC(=O)c3ccc(F)cc3F)o2)c1. The summed E-state index contributed by atoms with van der Waals surface area (Å²) in [4.78, 5) is 11.9. The van der Waals surface area contributed by atoms with Crippen LogP contribution >= 0.6 is 0 Å². The number of aromatic nitrogens is 2. The van der Waals surface area contributed by atoms with Crippen molar-refractivity contribution in [3.63, 3.8) is 0 Å². The Morgan fingerprint density at radius 3 is 2.70 bits per heavy atom. The first kappa shape index (κ1) is 14.8. The predicted octanol–water partition coefficient (Wildman–Crippen LogP) is 3.58. The maximum Gasteiger partial charge on any atom is 0.322 e. The molecule has 0 aliphatic rings. The number of aryl methyl sites for hydroxylation is 1. The molecule has 7 heteroatoms. The largest absolute Gasteiger partial charge is 0.403 e. The average molecular weight is 315 g/mol. The molecule has 0 spiro atoms. The second kappa shape index (κ2) is 5.96. The number of hydrogen-bond donors (Lipinski definition) is 1. The van der Waals surface area contributed by atoms with E-state index in [1.54, 1.807) is 6.07 Å². The normalized spacial score (nSPS) is 10.6. The van der Waals surface area contributed by atoms with E-state index in [1.807, 2.05) is 25.1 Å². The van der Waals surface area contributed by atoms with Crippen molar-refractivity contribution in [2.75, 3.05) is 5.32 Å². The van der Waals surface area contributed by atoms with Crippen LogP contribution in [0.15, 0.2) is 46.9 Å². The smallest absolute Gasteiger partial charge is 0.322 e. The van der Waals surface area contributed by atoms with Crippen molar-refractivity contribution in [1.82, 2.24) is 10.2 Å². The standard InChI is InChI=1S/C16H11F2N3O2/c1-9-3-2-4-10(7-9)15-20-21-16(23-15)19-14(22)12-6-5-11(17)8-13(12)18/h2-8H,1H3,(H,19,21,22). The summed E-state index contributed by atoms with van der Waals surface area (Å²) in [5.74, 6) is -2.31. The van der Waals surface area contributed by atoms with Crippen molar-refractivity contribution < 1.29 is 18.0 Å². The number of rotatable bonds is 3. The van der Waals surface area contributed by atoms with E-state index in [2.05, 4.69) is 15.5 Å². The highest BCUT2D eigenvalue weighted by molar-refractivity contribution is 6.03. The molecule has 2 aromatic carbocycles. The maximum absolute atomic E-state index is 13.6. The lowest BCUT2D eigenvalue weighted by atomic mass is 10.1. The fourth-order valence-corrected chi connectivity index (χ4v) is 2.01. The van der Waals surface area contributed by atoms with E-state index in [0.717, 1.165) is 17.7 Å². The average Bonchev–Trinajstić information content (AvgIpc) is 2.95. The van der Waals surface area contributed by atoms with Crippen molar-refractivity contribution >= 4 is 11.9 Å². The molecule has 0 bridgehead atoms. The molecule has 0 atom stereocenters. The van der Waals surface area contributed by atoms with E-state index in [4.69, 9.17) is 4.42 Å². The molecule has 1 N–H and O–H groups in total. The topological polar surface area (TPSA) is 68.0 Å². The lowest BCUT2D eigenvalue weighted by molar-refractivity contribution is 0.102. The molecule has 0 aliphatic heterocycles. The number of carbonyl (C=O) groups excluding carboxylic acids is 1. The number of halogens is 2. The van der Waals surface area contributed by atoms with Crippen LogP contribution in [-0.4, -0.2) is 16.1 Å². The first-order chi connectivity index (χ1) is 11.0. The Kier molecular flexibility index (Phi) is 3.84. The molecular formula is C16H11F2N3O2. The zero-order valence-electron chi connectivity index (χ0n) is 12.0. The minimum atomic E-state index is -0.971. The van der Waals surface area contributed by atoms with Crippen LogP contribution in [0.3, 0.4) is 0 Å². The molecule has 116 valence electrons. The summed E-state index contributed by atoms with van der Waals surface area (Å²) in [5, 5.41) is 9.80. The molecule has 0 unspecified atom stereocenters. The number of nitrogens with one attached hydrogen (secondary N) is 1. The summed E-state index contributed by atoms with van der Waals surface area (Å²) in [7, 11) is 0. The Hall–Kier alpha value is -3.09. The van der Waals surface area contributed by atoms with Gasteiger partial charge in [0.05, 0.1) is 5.56 Å². The van der Waals surface area contributed by atoms with Gasteiger partial charge in [0.25, 0.3) is 5.91 Å². The van der Waals surface area contributed by atoms with Gasteiger partial charge < -0.3 is 4.42 Å². The van der Waals surface area contributed by atoms with Crippen LogP contribution in [0.4, 0.5) is 14.8 Å². The zero-order valence-corrected chi connectivity index (χ0v) is 12.0. The third kappa shape index (κ3) is 3.23. The third-order valence-corrected chi connectivity index (χ3v) is 3.09. The first-order valence-electron chi connectivity index (χ1n) is 6.70. The Balaban J connectivity index is 1.80. The summed E-state index contributed by atoms with van der Waals surface area (Å²) in [6, 6.07) is 9.86. The number of nitrogens with zero attached hydrogens (tertiary/aromatic N) is 2. The molecule has 5 nitrogen and oxygen atoms in total. The third-order valence-electron chi connectivity index (χ3n) is 3.09. The van der Waals surface area contributed by atoms with Gasteiger partial charge in [0.2, 0.25) is 5.89 Å². The summed E-state index contributed by atoms with van der Waals surface area (Å²) in [5.41, 5.74) is 1.40. The van der Waals surface area contributed by atoms with E-state index < -0.39 is 17.5 Å². The molecule has 1 amide bonds. The van der Waals surface area contributed by atoms with Gasteiger partial charge in [-0.2, -0.15) is 0 Å². The Bertz CT molecular complexity index is 877. The van der Waals surface area contributed by atoms with Crippen LogP contribution in [0, 0.1) is 18.6 Å². The van der Waals surface area contributed by atoms with E-state index >= 15 is 0 Å². The minimum absolute atomic E-state index is 0.171. The number of benzene rings is 2. The molecule has 3 rings (SSSR count). The van der Waals surface area contributed by atoms with Gasteiger partial charge in [-0.3, -0.25) is 10.1 Å². The highest BCUT2D eigenvalue weighted by Gasteiger charge is 2.16. The molecule has 23 heavy (non-hydrogen) atoms. The van der Waals surface area contributed by atoms with Gasteiger partial charge in [-0.15, -0.1) is 5.10 Å². The Morgan fingerprint density at radius 2 is 1.96 bits per heavy atom. The van der Waals surface area contributed by atoms with Crippen LogP contribution in [0.1, 0.15) is 15.9 Å². The molecule has 0 saturated carbocycles. The monoisotopic (exact) mass is 315 g/mol. The number of anilines is 1. The molecule has 0 radical (unpaired) electrons. The summed E-state index contributed by atoms with van der Waals surface area (Å²) < 4.78 is 31.7. The highest BCUT2D eigenvalue weighted by Crippen LogP contribution is 2.21. The van der Waals surface area contributed by atoms with Crippen molar-refractivity contribution in [3.05, 3.63) is 65.2 Å². The van der Waals surface area contributed by atoms with Gasteiger partial charge in [-0.05, 0) is 31.2 Å². The molecular weight excluding hydrogens is 304 g/mol. The van der Waals surface area contributed by atoms with Gasteiger partial charge in [0, 0.05) is 11.6 Å². The van der Waals surface area contributed by atoms with Crippen LogP contribution in [0.2, 0.25) is 0 Å². The second-order valence-corrected chi connectivity index (χ2v) is 4.86. The maximum atomic E-state index is 13.6. The van der Waals surface area contributed by atoms with Gasteiger partial charge in [0.15, 0.2) is 0 Å². The zero-order chi connectivity index (χ0) is 16.4. The first-order valence-corrected chi connectivity index (χ1v) is 6.70.